The van der Waals surface area contributed by atoms with Gasteiger partial charge >= 0.3 is 6.09 Å². The largest absolute Gasteiger partial charge is 0.444 e. The highest BCUT2D eigenvalue weighted by atomic mass is 16.6. The molecule has 0 heterocycles. The summed E-state index contributed by atoms with van der Waals surface area (Å²) in [6, 6.07) is 7.59. The monoisotopic (exact) mass is 328 g/mol. The normalized spacial score (nSPS) is 20.6. The van der Waals surface area contributed by atoms with Crippen LogP contribution in [0.1, 0.15) is 44.7 Å². The Bertz CT molecular complexity index is 682. The average molecular weight is 328 g/mol. The van der Waals surface area contributed by atoms with Crippen molar-refractivity contribution < 1.29 is 14.3 Å². The molecule has 0 aromatic heterocycles. The van der Waals surface area contributed by atoms with E-state index in [9.17, 15) is 9.59 Å². The molecule has 2 atom stereocenters. The Balaban J connectivity index is 2.14. The minimum atomic E-state index is -0.565. The van der Waals surface area contributed by atoms with E-state index in [-0.39, 0.29) is 12.1 Å². The summed E-state index contributed by atoms with van der Waals surface area (Å²) in [6.07, 6.45) is 4.40. The SMILES string of the molecule is Cc1cccc(C2=CCC(NC(=O)OC(C)(C)C)[C@@H](N=C=O)C2)c1. The molecule has 0 saturated carbocycles. The van der Waals surface area contributed by atoms with Crippen molar-refractivity contribution in [1.82, 2.24) is 5.32 Å². The van der Waals surface area contributed by atoms with Crippen molar-refractivity contribution in [2.75, 3.05) is 0 Å². The molecule has 1 aromatic carbocycles. The first-order valence-corrected chi connectivity index (χ1v) is 8.11. The van der Waals surface area contributed by atoms with Gasteiger partial charge in [0, 0.05) is 0 Å². The lowest BCUT2D eigenvalue weighted by Crippen LogP contribution is -2.45. The van der Waals surface area contributed by atoms with Gasteiger partial charge < -0.3 is 10.1 Å². The van der Waals surface area contributed by atoms with E-state index < -0.39 is 11.7 Å². The van der Waals surface area contributed by atoms with Crippen molar-refractivity contribution in [2.24, 2.45) is 4.99 Å². The van der Waals surface area contributed by atoms with Gasteiger partial charge in [0.05, 0.1) is 12.1 Å². The van der Waals surface area contributed by atoms with Crippen LogP contribution in [-0.2, 0) is 9.53 Å². The van der Waals surface area contributed by atoms with Crippen LogP contribution in [0.15, 0.2) is 35.3 Å². The van der Waals surface area contributed by atoms with E-state index in [1.54, 1.807) is 6.08 Å². The van der Waals surface area contributed by atoms with Gasteiger partial charge in [-0.3, -0.25) is 0 Å². The number of isocyanates is 1. The summed E-state index contributed by atoms with van der Waals surface area (Å²) in [5.74, 6) is 0. The summed E-state index contributed by atoms with van der Waals surface area (Å²) in [5, 5.41) is 2.82. The number of carbonyl (C=O) groups excluding carboxylic acids is 2. The fraction of sp³-hybridized carbons (Fsp3) is 0.474. The molecule has 1 N–H and O–H groups in total. The average Bonchev–Trinajstić information content (AvgIpc) is 2.47. The molecule has 5 heteroatoms. The predicted molar refractivity (Wildman–Crippen MR) is 93.5 cm³/mol. The maximum Gasteiger partial charge on any atom is 0.407 e. The Morgan fingerprint density at radius 3 is 2.75 bits per heavy atom. The molecule has 128 valence electrons. The number of alkyl carbamates (subject to hydrolysis) is 1. The van der Waals surface area contributed by atoms with Gasteiger partial charge in [-0.25, -0.2) is 14.6 Å². The van der Waals surface area contributed by atoms with Crippen LogP contribution < -0.4 is 5.32 Å². The van der Waals surface area contributed by atoms with Crippen LogP contribution in [0.25, 0.3) is 5.57 Å². The summed E-state index contributed by atoms with van der Waals surface area (Å²) < 4.78 is 5.28. The van der Waals surface area contributed by atoms with Crippen molar-refractivity contribution in [2.45, 2.75) is 58.2 Å². The molecule has 5 nitrogen and oxygen atoms in total. The molecule has 1 aromatic rings. The number of benzene rings is 1. The van der Waals surface area contributed by atoms with Crippen LogP contribution in [0.3, 0.4) is 0 Å². The Hall–Kier alpha value is -2.39. The van der Waals surface area contributed by atoms with Crippen molar-refractivity contribution in [3.05, 3.63) is 41.5 Å². The number of hydrogen-bond donors (Lipinski definition) is 1. The maximum absolute atomic E-state index is 12.0. The highest BCUT2D eigenvalue weighted by Crippen LogP contribution is 2.29. The second-order valence-electron chi connectivity index (χ2n) is 7.08. The van der Waals surface area contributed by atoms with Gasteiger partial charge in [0.2, 0.25) is 6.08 Å². The molecule has 0 saturated heterocycles. The number of nitrogens with zero attached hydrogens (tertiary/aromatic N) is 1. The zero-order valence-electron chi connectivity index (χ0n) is 14.6. The highest BCUT2D eigenvalue weighted by Gasteiger charge is 2.29. The van der Waals surface area contributed by atoms with Crippen molar-refractivity contribution >= 4 is 17.7 Å². The first-order valence-electron chi connectivity index (χ1n) is 8.11. The number of aliphatic imine (C=N–C) groups is 1. The van der Waals surface area contributed by atoms with Gasteiger partial charge in [0.1, 0.15) is 5.60 Å². The van der Waals surface area contributed by atoms with Gasteiger partial charge in [-0.15, -0.1) is 0 Å². The lowest BCUT2D eigenvalue weighted by Gasteiger charge is -2.30. The summed E-state index contributed by atoms with van der Waals surface area (Å²) >= 11 is 0. The Morgan fingerprint density at radius 1 is 1.38 bits per heavy atom. The van der Waals surface area contributed by atoms with Crippen LogP contribution in [-0.4, -0.2) is 29.9 Å². The fourth-order valence-corrected chi connectivity index (χ4v) is 2.78. The van der Waals surface area contributed by atoms with E-state index in [4.69, 9.17) is 4.74 Å². The molecule has 1 aliphatic rings. The van der Waals surface area contributed by atoms with E-state index in [0.29, 0.717) is 12.8 Å². The van der Waals surface area contributed by atoms with Crippen LogP contribution in [0.5, 0.6) is 0 Å². The second kappa shape index (κ2) is 7.45. The molecule has 2 rings (SSSR count). The standard InChI is InChI=1S/C19H24N2O3/c1-13-6-5-7-14(10-13)15-8-9-16(17(11-15)20-12-22)21-18(23)24-19(2,3)4/h5-8,10,16-17H,9,11H2,1-4H3,(H,21,23)/t16?,17-/m0/s1. The maximum atomic E-state index is 12.0. The number of rotatable bonds is 3. The summed E-state index contributed by atoms with van der Waals surface area (Å²) in [6.45, 7) is 7.47. The number of hydrogen-bond acceptors (Lipinski definition) is 4. The Kier molecular flexibility index (Phi) is 5.58. The Labute approximate surface area is 142 Å². The predicted octanol–water partition coefficient (Wildman–Crippen LogP) is 3.77. The molecule has 0 radical (unpaired) electrons. The van der Waals surface area contributed by atoms with Gasteiger partial charge in [-0.1, -0.05) is 35.9 Å². The zero-order valence-corrected chi connectivity index (χ0v) is 14.6. The van der Waals surface area contributed by atoms with E-state index in [2.05, 4.69) is 22.5 Å². The molecule has 0 bridgehead atoms. The quantitative estimate of drug-likeness (QED) is 0.678. The molecule has 1 aliphatic carbocycles. The number of nitrogens with one attached hydrogen (secondary N) is 1. The first kappa shape index (κ1) is 18.0. The van der Waals surface area contributed by atoms with Gasteiger partial charge in [-0.05, 0) is 51.7 Å². The van der Waals surface area contributed by atoms with Crippen LogP contribution in [0.2, 0.25) is 0 Å². The molecular formula is C19H24N2O3. The molecule has 1 amide bonds. The number of carbonyl (C=O) groups is 1. The topological polar surface area (TPSA) is 67.8 Å². The number of amides is 1. The lowest BCUT2D eigenvalue weighted by atomic mass is 9.87. The van der Waals surface area contributed by atoms with Crippen LogP contribution in [0, 0.1) is 6.92 Å². The zero-order chi connectivity index (χ0) is 17.7. The smallest absolute Gasteiger partial charge is 0.407 e. The van der Waals surface area contributed by atoms with E-state index in [1.807, 2.05) is 45.9 Å². The van der Waals surface area contributed by atoms with Crippen molar-refractivity contribution in [1.29, 1.82) is 0 Å². The minimum Gasteiger partial charge on any atom is -0.444 e. The van der Waals surface area contributed by atoms with E-state index >= 15 is 0 Å². The van der Waals surface area contributed by atoms with E-state index in [1.165, 1.54) is 5.56 Å². The summed E-state index contributed by atoms with van der Waals surface area (Å²) in [5.41, 5.74) is 2.87. The molecule has 24 heavy (non-hydrogen) atoms. The van der Waals surface area contributed by atoms with Crippen LogP contribution >= 0.6 is 0 Å². The number of ether oxygens (including phenoxy) is 1. The highest BCUT2D eigenvalue weighted by molar-refractivity contribution is 5.71. The third kappa shape index (κ3) is 5.07. The first-order chi connectivity index (χ1) is 11.3. The van der Waals surface area contributed by atoms with Crippen LogP contribution in [0.4, 0.5) is 4.79 Å². The van der Waals surface area contributed by atoms with Gasteiger partial charge in [0.25, 0.3) is 0 Å². The third-order valence-electron chi connectivity index (χ3n) is 3.82. The lowest BCUT2D eigenvalue weighted by molar-refractivity contribution is 0.0496. The molecule has 1 unspecified atom stereocenters. The summed E-state index contributed by atoms with van der Waals surface area (Å²) in [4.78, 5) is 26.7. The Morgan fingerprint density at radius 2 is 2.12 bits per heavy atom. The van der Waals surface area contributed by atoms with Crippen molar-refractivity contribution in [3.63, 3.8) is 0 Å². The fourth-order valence-electron chi connectivity index (χ4n) is 2.78. The number of aryl methyl sites for hydroxylation is 1. The minimum absolute atomic E-state index is 0.269. The summed E-state index contributed by atoms with van der Waals surface area (Å²) in [7, 11) is 0. The van der Waals surface area contributed by atoms with Gasteiger partial charge in [0.15, 0.2) is 0 Å². The second-order valence-corrected chi connectivity index (χ2v) is 7.08. The van der Waals surface area contributed by atoms with Crippen molar-refractivity contribution in [3.8, 4) is 0 Å². The molecule has 0 fully saturated rings. The van der Waals surface area contributed by atoms with Gasteiger partial charge in [-0.2, -0.15) is 0 Å². The molecule has 0 spiro atoms. The van der Waals surface area contributed by atoms with E-state index in [0.717, 1.165) is 11.1 Å². The third-order valence-corrected chi connectivity index (χ3v) is 3.82. The molecule has 0 aliphatic heterocycles. The molecular weight excluding hydrogens is 304 g/mol.